The summed E-state index contributed by atoms with van der Waals surface area (Å²) in [5.74, 6) is 0.0457. The van der Waals surface area contributed by atoms with E-state index in [0.717, 1.165) is 0 Å². The molecular formula is C6H11ClO2. The second-order valence-electron chi connectivity index (χ2n) is 2.60. The van der Waals surface area contributed by atoms with Gasteiger partial charge in [-0.05, 0) is 0 Å². The lowest BCUT2D eigenvalue weighted by Crippen LogP contribution is -2.28. The van der Waals surface area contributed by atoms with Crippen molar-refractivity contribution < 1.29 is 9.90 Å². The van der Waals surface area contributed by atoms with Gasteiger partial charge in [-0.2, -0.15) is 0 Å². The van der Waals surface area contributed by atoms with E-state index in [9.17, 15) is 4.79 Å². The van der Waals surface area contributed by atoms with E-state index in [0.29, 0.717) is 0 Å². The van der Waals surface area contributed by atoms with Crippen LogP contribution in [0.25, 0.3) is 0 Å². The van der Waals surface area contributed by atoms with Crippen molar-refractivity contribution in [2.24, 2.45) is 5.41 Å². The van der Waals surface area contributed by atoms with E-state index < -0.39 is 12.0 Å². The van der Waals surface area contributed by atoms with E-state index in [-0.39, 0.29) is 11.7 Å². The van der Waals surface area contributed by atoms with Crippen LogP contribution in [0.1, 0.15) is 13.8 Å². The molecule has 0 unspecified atom stereocenters. The van der Waals surface area contributed by atoms with Crippen LogP contribution in [0.2, 0.25) is 0 Å². The lowest BCUT2D eigenvalue weighted by atomic mass is 9.91. The number of carbonyl (C=O) groups excluding carboxylic acids is 1. The highest BCUT2D eigenvalue weighted by molar-refractivity contribution is 6.20. The number of Topliss-reactive ketones (excluding diaryl/α,β-unsaturated/α-hetero) is 1. The summed E-state index contributed by atoms with van der Waals surface area (Å²) in [6.45, 7) is 3.00. The van der Waals surface area contributed by atoms with Crippen LogP contribution >= 0.6 is 11.6 Å². The van der Waals surface area contributed by atoms with Crippen LogP contribution in [0.15, 0.2) is 0 Å². The van der Waals surface area contributed by atoms with E-state index in [2.05, 4.69) is 0 Å². The zero-order chi connectivity index (χ0) is 7.49. The standard InChI is InChI=1S/C6H11ClO2/c1-6(2,4-7)5(9)3-8/h8H,3-4H2,1-2H3. The van der Waals surface area contributed by atoms with Crippen molar-refractivity contribution >= 4 is 17.4 Å². The van der Waals surface area contributed by atoms with E-state index in [1.54, 1.807) is 13.8 Å². The van der Waals surface area contributed by atoms with Crippen LogP contribution in [-0.4, -0.2) is 23.4 Å². The van der Waals surface area contributed by atoms with Gasteiger partial charge in [0.15, 0.2) is 5.78 Å². The molecule has 0 amide bonds. The van der Waals surface area contributed by atoms with Crippen LogP contribution in [0, 0.1) is 5.41 Å². The molecule has 0 saturated heterocycles. The fourth-order valence-corrected chi connectivity index (χ4v) is 0.438. The summed E-state index contributed by atoms with van der Waals surface area (Å²) in [6.07, 6.45) is 0. The minimum atomic E-state index is -0.573. The van der Waals surface area contributed by atoms with Crippen molar-refractivity contribution in [1.82, 2.24) is 0 Å². The third-order valence-corrected chi connectivity index (χ3v) is 1.90. The molecule has 0 aliphatic rings. The molecule has 0 rings (SSSR count). The first-order valence-electron chi connectivity index (χ1n) is 2.74. The minimum absolute atomic E-state index is 0.211. The van der Waals surface area contributed by atoms with Gasteiger partial charge in [0.2, 0.25) is 0 Å². The van der Waals surface area contributed by atoms with Gasteiger partial charge in [0.1, 0.15) is 6.61 Å². The number of aliphatic hydroxyl groups is 1. The predicted molar refractivity (Wildman–Crippen MR) is 36.6 cm³/mol. The summed E-state index contributed by atoms with van der Waals surface area (Å²) in [6, 6.07) is 0. The fraction of sp³-hybridized carbons (Fsp3) is 0.833. The number of halogens is 1. The van der Waals surface area contributed by atoms with E-state index in [1.165, 1.54) is 0 Å². The Morgan fingerprint density at radius 2 is 2.11 bits per heavy atom. The van der Waals surface area contributed by atoms with E-state index in [4.69, 9.17) is 16.7 Å². The molecule has 0 saturated carbocycles. The number of ketones is 1. The van der Waals surface area contributed by atoms with Crippen LogP contribution in [-0.2, 0) is 4.79 Å². The molecule has 9 heavy (non-hydrogen) atoms. The van der Waals surface area contributed by atoms with Gasteiger partial charge in [-0.3, -0.25) is 4.79 Å². The predicted octanol–water partition coefficient (Wildman–Crippen LogP) is 0.813. The SMILES string of the molecule is CC(C)(CCl)C(=O)CO. The first kappa shape index (κ1) is 8.92. The third-order valence-electron chi connectivity index (χ3n) is 1.23. The molecule has 0 aromatic heterocycles. The molecule has 0 spiro atoms. The highest BCUT2D eigenvalue weighted by atomic mass is 35.5. The summed E-state index contributed by atoms with van der Waals surface area (Å²) >= 11 is 5.43. The van der Waals surface area contributed by atoms with Crippen molar-refractivity contribution in [1.29, 1.82) is 0 Å². The Hall–Kier alpha value is -0.0800. The molecule has 0 aliphatic carbocycles. The lowest BCUT2D eigenvalue weighted by Gasteiger charge is -2.17. The van der Waals surface area contributed by atoms with Crippen molar-refractivity contribution in [2.75, 3.05) is 12.5 Å². The molecular weight excluding hydrogens is 140 g/mol. The largest absolute Gasteiger partial charge is 0.389 e. The number of aliphatic hydroxyl groups excluding tert-OH is 1. The normalized spacial score (nSPS) is 11.6. The minimum Gasteiger partial charge on any atom is -0.389 e. The number of hydrogen-bond acceptors (Lipinski definition) is 2. The number of carbonyl (C=O) groups is 1. The molecule has 2 nitrogen and oxygen atoms in total. The highest BCUT2D eigenvalue weighted by Crippen LogP contribution is 2.17. The second kappa shape index (κ2) is 3.18. The zero-order valence-corrected chi connectivity index (χ0v) is 6.40. The maximum Gasteiger partial charge on any atom is 0.164 e. The molecule has 0 atom stereocenters. The summed E-state index contributed by atoms with van der Waals surface area (Å²) in [5.41, 5.74) is -0.573. The third kappa shape index (κ3) is 2.33. The average Bonchev–Trinajstić information content (AvgIpc) is 1.86. The summed E-state index contributed by atoms with van der Waals surface area (Å²) in [4.78, 5) is 10.7. The van der Waals surface area contributed by atoms with Crippen molar-refractivity contribution in [3.05, 3.63) is 0 Å². The number of alkyl halides is 1. The second-order valence-corrected chi connectivity index (χ2v) is 2.87. The first-order chi connectivity index (χ1) is 4.04. The molecule has 0 aliphatic heterocycles. The van der Waals surface area contributed by atoms with Gasteiger partial charge in [0.25, 0.3) is 0 Å². The topological polar surface area (TPSA) is 37.3 Å². The van der Waals surface area contributed by atoms with Crippen molar-refractivity contribution in [3.63, 3.8) is 0 Å². The Bertz CT molecular complexity index is 110. The maximum atomic E-state index is 10.7. The van der Waals surface area contributed by atoms with Gasteiger partial charge in [-0.1, -0.05) is 13.8 Å². The molecule has 0 aromatic carbocycles. The maximum absolute atomic E-state index is 10.7. The Morgan fingerprint density at radius 3 is 2.22 bits per heavy atom. The van der Waals surface area contributed by atoms with Crippen molar-refractivity contribution in [3.8, 4) is 0 Å². The molecule has 1 N–H and O–H groups in total. The summed E-state index contributed by atoms with van der Waals surface area (Å²) in [7, 11) is 0. The van der Waals surface area contributed by atoms with Crippen molar-refractivity contribution in [2.45, 2.75) is 13.8 Å². The molecule has 0 heterocycles. The molecule has 0 aromatic rings. The van der Waals surface area contributed by atoms with E-state index in [1.807, 2.05) is 0 Å². The Morgan fingerprint density at radius 1 is 1.67 bits per heavy atom. The lowest BCUT2D eigenvalue weighted by molar-refractivity contribution is -0.128. The highest BCUT2D eigenvalue weighted by Gasteiger charge is 2.24. The fourth-order valence-electron chi connectivity index (χ4n) is 0.289. The van der Waals surface area contributed by atoms with Gasteiger partial charge >= 0.3 is 0 Å². The van der Waals surface area contributed by atoms with Gasteiger partial charge in [0.05, 0.1) is 0 Å². The molecule has 3 heteroatoms. The smallest absolute Gasteiger partial charge is 0.164 e. The Labute approximate surface area is 59.8 Å². The van der Waals surface area contributed by atoms with Crippen LogP contribution in [0.5, 0.6) is 0 Å². The monoisotopic (exact) mass is 150 g/mol. The molecule has 0 radical (unpaired) electrons. The average molecular weight is 151 g/mol. The number of rotatable bonds is 3. The van der Waals surface area contributed by atoms with Crippen LogP contribution < -0.4 is 0 Å². The summed E-state index contributed by atoms with van der Waals surface area (Å²) < 4.78 is 0. The quantitative estimate of drug-likeness (QED) is 0.605. The van der Waals surface area contributed by atoms with Crippen LogP contribution in [0.4, 0.5) is 0 Å². The number of hydrogen-bond donors (Lipinski definition) is 1. The molecule has 0 bridgehead atoms. The van der Waals surface area contributed by atoms with Gasteiger partial charge in [0, 0.05) is 11.3 Å². The molecule has 0 fully saturated rings. The Balaban J connectivity index is 3.97. The van der Waals surface area contributed by atoms with E-state index >= 15 is 0 Å². The van der Waals surface area contributed by atoms with Crippen LogP contribution in [0.3, 0.4) is 0 Å². The first-order valence-corrected chi connectivity index (χ1v) is 3.28. The van der Waals surface area contributed by atoms with Gasteiger partial charge in [-0.15, -0.1) is 11.6 Å². The zero-order valence-electron chi connectivity index (χ0n) is 5.65. The Kier molecular flexibility index (Phi) is 3.15. The summed E-state index contributed by atoms with van der Waals surface area (Å²) in [5, 5.41) is 8.39. The van der Waals surface area contributed by atoms with Gasteiger partial charge < -0.3 is 5.11 Å². The van der Waals surface area contributed by atoms with Gasteiger partial charge in [-0.25, -0.2) is 0 Å². The molecule has 54 valence electrons.